The molecule has 0 atom stereocenters. The number of para-hydroxylation sites is 1. The van der Waals surface area contributed by atoms with Crippen LogP contribution in [0.1, 0.15) is 219 Å². The predicted molar refractivity (Wildman–Crippen MR) is 245 cm³/mol. The number of unbranched alkanes of at least 4 members (excludes halogenated alkanes) is 30. The molecule has 0 fully saturated rings. The SMILES string of the molecule is CCCCCCCCCCCCCCCCCCN(CCCCCCCCCCCCCCCCCC)c1ccc(N=Nc2sc3ccccc3[n+]2C)cc1. The number of anilines is 1. The van der Waals surface area contributed by atoms with Gasteiger partial charge in [-0.1, -0.05) is 219 Å². The van der Waals surface area contributed by atoms with Crippen LogP contribution in [0.25, 0.3) is 10.2 Å². The Bertz CT molecular complexity index is 1300. The zero-order chi connectivity index (χ0) is 38.9. The van der Waals surface area contributed by atoms with Crippen LogP contribution in [-0.4, -0.2) is 13.1 Å². The fourth-order valence-corrected chi connectivity index (χ4v) is 9.05. The number of aryl methyl sites for hydroxylation is 1. The second-order valence-corrected chi connectivity index (χ2v) is 17.7. The molecular formula is C50H85N4S+. The van der Waals surface area contributed by atoms with Crippen molar-refractivity contribution in [1.29, 1.82) is 0 Å². The molecule has 0 N–H and O–H groups in total. The lowest BCUT2D eigenvalue weighted by Gasteiger charge is -2.25. The maximum atomic E-state index is 4.63. The van der Waals surface area contributed by atoms with E-state index in [1.807, 2.05) is 0 Å². The van der Waals surface area contributed by atoms with Gasteiger partial charge in [0, 0.05) is 18.8 Å². The van der Waals surface area contributed by atoms with E-state index in [9.17, 15) is 0 Å². The molecule has 0 saturated heterocycles. The summed E-state index contributed by atoms with van der Waals surface area (Å²) in [6.45, 7) is 6.94. The van der Waals surface area contributed by atoms with Gasteiger partial charge in [0.2, 0.25) is 0 Å². The lowest BCUT2D eigenvalue weighted by atomic mass is 10.0. The molecular weight excluding hydrogens is 689 g/mol. The van der Waals surface area contributed by atoms with Crippen LogP contribution < -0.4 is 9.47 Å². The van der Waals surface area contributed by atoms with Gasteiger partial charge in [-0.05, 0) is 65.7 Å². The van der Waals surface area contributed by atoms with Crippen molar-refractivity contribution in [2.75, 3.05) is 18.0 Å². The first-order valence-corrected chi connectivity index (χ1v) is 24.7. The van der Waals surface area contributed by atoms with E-state index < -0.39 is 0 Å². The van der Waals surface area contributed by atoms with Crippen molar-refractivity contribution in [1.82, 2.24) is 0 Å². The second kappa shape index (κ2) is 32.8. The molecule has 0 saturated carbocycles. The summed E-state index contributed by atoms with van der Waals surface area (Å²) in [5.74, 6) is 0. The third-order valence-corrected chi connectivity index (χ3v) is 12.8. The van der Waals surface area contributed by atoms with E-state index in [2.05, 4.69) is 89.1 Å². The summed E-state index contributed by atoms with van der Waals surface area (Å²) in [5, 5.41) is 10.2. The monoisotopic (exact) mass is 774 g/mol. The fraction of sp³-hybridized carbons (Fsp3) is 0.740. The summed E-state index contributed by atoms with van der Waals surface area (Å²) in [6.07, 6.45) is 45.4. The Morgan fingerprint density at radius 3 is 1.18 bits per heavy atom. The highest BCUT2D eigenvalue weighted by atomic mass is 32.1. The molecule has 5 heteroatoms. The topological polar surface area (TPSA) is 31.8 Å². The van der Waals surface area contributed by atoms with Gasteiger partial charge in [-0.15, -0.1) is 0 Å². The Kier molecular flexibility index (Phi) is 28.1. The van der Waals surface area contributed by atoms with Gasteiger partial charge in [-0.2, -0.15) is 0 Å². The van der Waals surface area contributed by atoms with Gasteiger partial charge >= 0.3 is 5.13 Å². The fourth-order valence-electron chi connectivity index (χ4n) is 8.08. The maximum Gasteiger partial charge on any atom is 0.409 e. The molecule has 55 heavy (non-hydrogen) atoms. The van der Waals surface area contributed by atoms with Crippen molar-refractivity contribution in [3.8, 4) is 0 Å². The minimum absolute atomic E-state index is 0.922. The number of rotatable bonds is 37. The molecule has 3 aromatic rings. The van der Waals surface area contributed by atoms with Crippen molar-refractivity contribution in [3.05, 3.63) is 48.5 Å². The van der Waals surface area contributed by atoms with Crippen molar-refractivity contribution >= 4 is 38.1 Å². The van der Waals surface area contributed by atoms with Crippen LogP contribution in [0, 0.1) is 0 Å². The molecule has 0 aliphatic carbocycles. The molecule has 0 unspecified atom stereocenters. The van der Waals surface area contributed by atoms with E-state index in [-0.39, 0.29) is 0 Å². The molecule has 310 valence electrons. The highest BCUT2D eigenvalue weighted by Gasteiger charge is 2.15. The van der Waals surface area contributed by atoms with Gasteiger partial charge in [-0.25, -0.2) is 4.57 Å². The number of hydrogen-bond donors (Lipinski definition) is 0. The Hall–Kier alpha value is -2.27. The number of nitrogens with zero attached hydrogens (tertiary/aromatic N) is 4. The van der Waals surface area contributed by atoms with E-state index in [4.69, 9.17) is 0 Å². The van der Waals surface area contributed by atoms with E-state index in [1.165, 1.54) is 221 Å². The number of fused-ring (bicyclic) bond motifs is 1. The summed E-state index contributed by atoms with van der Waals surface area (Å²) in [4.78, 5) is 2.65. The van der Waals surface area contributed by atoms with E-state index in [0.29, 0.717) is 0 Å². The maximum absolute atomic E-state index is 4.63. The van der Waals surface area contributed by atoms with Crippen molar-refractivity contribution in [3.63, 3.8) is 0 Å². The van der Waals surface area contributed by atoms with Crippen molar-refractivity contribution in [2.45, 2.75) is 219 Å². The van der Waals surface area contributed by atoms with Gasteiger partial charge in [0.15, 0.2) is 0 Å². The van der Waals surface area contributed by atoms with Crippen LogP contribution >= 0.6 is 11.3 Å². The van der Waals surface area contributed by atoms with Crippen LogP contribution in [0.3, 0.4) is 0 Å². The Balaban J connectivity index is 1.32. The van der Waals surface area contributed by atoms with E-state index >= 15 is 0 Å². The largest absolute Gasteiger partial charge is 0.409 e. The number of hydrogen-bond acceptors (Lipinski definition) is 4. The number of thiazole rings is 1. The Morgan fingerprint density at radius 2 is 0.800 bits per heavy atom. The van der Waals surface area contributed by atoms with Crippen LogP contribution in [0.2, 0.25) is 0 Å². The summed E-state index contributed by atoms with van der Waals surface area (Å²) < 4.78 is 3.38. The third-order valence-electron chi connectivity index (χ3n) is 11.7. The molecule has 4 nitrogen and oxygen atoms in total. The minimum atomic E-state index is 0.922. The predicted octanol–water partition coefficient (Wildman–Crippen LogP) is 17.5. The first-order chi connectivity index (χ1) is 27.2. The molecule has 0 radical (unpaired) electrons. The Morgan fingerprint density at radius 1 is 0.436 bits per heavy atom. The summed E-state index contributed by atoms with van der Waals surface area (Å²) in [5.41, 5.74) is 3.47. The third kappa shape index (κ3) is 22.3. The molecule has 0 amide bonds. The highest BCUT2D eigenvalue weighted by Crippen LogP contribution is 2.28. The molecule has 0 aliphatic heterocycles. The standard InChI is InChI=1S/C50H85N4S/c1-4-6-8-10-12-14-16-18-20-22-24-26-28-30-32-36-44-54(45-37-33-31-29-27-25-23-21-19-17-15-13-11-9-7-5-2)47-42-40-46(41-43-47)51-52-50-53(3)48-38-34-35-39-49(48)55-50/h34-35,38-43H,4-33,36-37,44-45H2,1-3H3/q+1. The number of benzene rings is 2. The average Bonchev–Trinajstić information content (AvgIpc) is 3.53. The lowest BCUT2D eigenvalue weighted by Crippen LogP contribution is -2.25. The molecule has 1 aromatic heterocycles. The first kappa shape index (κ1) is 47.1. The Labute approximate surface area is 344 Å². The zero-order valence-corrected chi connectivity index (χ0v) is 37.2. The molecule has 0 bridgehead atoms. The lowest BCUT2D eigenvalue weighted by molar-refractivity contribution is -0.627. The summed E-state index contributed by atoms with van der Waals surface area (Å²) in [7, 11) is 2.08. The second-order valence-electron chi connectivity index (χ2n) is 16.7. The molecule has 1 heterocycles. The zero-order valence-electron chi connectivity index (χ0n) is 36.4. The highest BCUT2D eigenvalue weighted by molar-refractivity contribution is 7.21. The number of aromatic nitrogens is 1. The average molecular weight is 774 g/mol. The summed E-state index contributed by atoms with van der Waals surface area (Å²) in [6, 6.07) is 17.3. The van der Waals surface area contributed by atoms with E-state index in [0.717, 1.165) is 23.9 Å². The van der Waals surface area contributed by atoms with Crippen LogP contribution in [0.15, 0.2) is 58.8 Å². The van der Waals surface area contributed by atoms with Gasteiger partial charge in [0.1, 0.15) is 11.2 Å². The van der Waals surface area contributed by atoms with Gasteiger partial charge in [0.05, 0.1) is 16.9 Å². The summed E-state index contributed by atoms with van der Waals surface area (Å²) >= 11 is 1.69. The van der Waals surface area contributed by atoms with Gasteiger partial charge in [0.25, 0.3) is 0 Å². The van der Waals surface area contributed by atoms with Crippen LogP contribution in [0.4, 0.5) is 16.5 Å². The van der Waals surface area contributed by atoms with Crippen molar-refractivity contribution in [2.24, 2.45) is 17.3 Å². The minimum Gasteiger partial charge on any atom is -0.372 e. The van der Waals surface area contributed by atoms with Gasteiger partial charge < -0.3 is 4.90 Å². The van der Waals surface area contributed by atoms with Crippen LogP contribution in [-0.2, 0) is 7.05 Å². The molecule has 0 spiro atoms. The van der Waals surface area contributed by atoms with Crippen LogP contribution in [0.5, 0.6) is 0 Å². The first-order valence-electron chi connectivity index (χ1n) is 23.9. The molecule has 0 aliphatic rings. The molecule has 2 aromatic carbocycles. The quantitative estimate of drug-likeness (QED) is 0.0326. The molecule has 3 rings (SSSR count). The van der Waals surface area contributed by atoms with Gasteiger partial charge in [-0.3, -0.25) is 0 Å². The smallest absolute Gasteiger partial charge is 0.372 e. The van der Waals surface area contributed by atoms with E-state index in [1.54, 1.807) is 11.3 Å². The number of azo groups is 1. The van der Waals surface area contributed by atoms with Crippen molar-refractivity contribution < 1.29 is 4.57 Å². The normalized spacial score (nSPS) is 11.8.